The van der Waals surface area contributed by atoms with Crippen molar-refractivity contribution >= 4 is 17.7 Å². The summed E-state index contributed by atoms with van der Waals surface area (Å²) >= 11 is 0. The summed E-state index contributed by atoms with van der Waals surface area (Å²) < 4.78 is 4.92. The molecule has 1 aromatic heterocycles. The van der Waals surface area contributed by atoms with E-state index in [-0.39, 0.29) is 12.5 Å². The predicted molar refractivity (Wildman–Crippen MR) is 72.0 cm³/mol. The van der Waals surface area contributed by atoms with E-state index in [4.69, 9.17) is 4.74 Å². The molecule has 1 rings (SSSR count). The van der Waals surface area contributed by atoms with Crippen LogP contribution in [0.1, 0.15) is 30.6 Å². The topological polar surface area (TPSA) is 80.3 Å². The molecule has 1 heterocycles. The molecular formula is C13H19N3O3. The second kappa shape index (κ2) is 8.07. The summed E-state index contributed by atoms with van der Waals surface area (Å²) in [6.45, 7) is 4.71. The fraction of sp³-hybridized carbons (Fsp3) is 0.462. The van der Waals surface area contributed by atoms with Gasteiger partial charge in [-0.2, -0.15) is 0 Å². The van der Waals surface area contributed by atoms with Gasteiger partial charge >= 0.3 is 5.97 Å². The molecule has 0 aliphatic carbocycles. The van der Waals surface area contributed by atoms with Crippen molar-refractivity contribution in [2.45, 2.75) is 20.3 Å². The van der Waals surface area contributed by atoms with Crippen molar-refractivity contribution in [3.63, 3.8) is 0 Å². The molecule has 104 valence electrons. The third-order valence-electron chi connectivity index (χ3n) is 2.29. The van der Waals surface area contributed by atoms with Crippen molar-refractivity contribution in [2.75, 3.05) is 25.0 Å². The largest absolute Gasteiger partial charge is 0.462 e. The van der Waals surface area contributed by atoms with Crippen LogP contribution < -0.4 is 10.6 Å². The van der Waals surface area contributed by atoms with E-state index >= 15 is 0 Å². The standard InChI is InChI=1S/C13H19N3O3/c1-3-7-14-11(17)9-16-12-10(6-5-8-15-12)13(18)19-4-2/h5-6,8H,3-4,7,9H2,1-2H3,(H,14,17)(H,15,16). The highest BCUT2D eigenvalue weighted by molar-refractivity contribution is 5.95. The number of pyridine rings is 1. The zero-order valence-corrected chi connectivity index (χ0v) is 11.2. The highest BCUT2D eigenvalue weighted by Crippen LogP contribution is 2.12. The van der Waals surface area contributed by atoms with E-state index in [2.05, 4.69) is 15.6 Å². The first-order valence-electron chi connectivity index (χ1n) is 6.31. The van der Waals surface area contributed by atoms with Crippen LogP contribution in [0.3, 0.4) is 0 Å². The number of carbonyl (C=O) groups is 2. The molecule has 1 amide bonds. The number of carbonyl (C=O) groups excluding carboxylic acids is 2. The molecule has 0 aliphatic heterocycles. The number of rotatable bonds is 7. The normalized spacial score (nSPS) is 9.79. The molecule has 19 heavy (non-hydrogen) atoms. The lowest BCUT2D eigenvalue weighted by atomic mass is 10.2. The molecule has 6 nitrogen and oxygen atoms in total. The van der Waals surface area contributed by atoms with E-state index < -0.39 is 5.97 Å². The van der Waals surface area contributed by atoms with E-state index in [1.54, 1.807) is 25.3 Å². The van der Waals surface area contributed by atoms with Crippen molar-refractivity contribution in [1.29, 1.82) is 0 Å². The zero-order chi connectivity index (χ0) is 14.1. The first-order chi connectivity index (χ1) is 9.19. The first-order valence-corrected chi connectivity index (χ1v) is 6.31. The smallest absolute Gasteiger partial charge is 0.341 e. The lowest BCUT2D eigenvalue weighted by molar-refractivity contribution is -0.119. The fourth-order valence-corrected chi connectivity index (χ4v) is 1.41. The molecule has 0 aliphatic rings. The van der Waals surface area contributed by atoms with Crippen LogP contribution in [0.15, 0.2) is 18.3 Å². The molecule has 0 spiro atoms. The molecule has 0 atom stereocenters. The molecule has 0 radical (unpaired) electrons. The van der Waals surface area contributed by atoms with Crippen molar-refractivity contribution in [1.82, 2.24) is 10.3 Å². The quantitative estimate of drug-likeness (QED) is 0.724. The number of hydrogen-bond donors (Lipinski definition) is 2. The number of esters is 1. The number of ether oxygens (including phenoxy) is 1. The van der Waals surface area contributed by atoms with Gasteiger partial charge in [-0.3, -0.25) is 4.79 Å². The van der Waals surface area contributed by atoms with Gasteiger partial charge in [-0.15, -0.1) is 0 Å². The Kier molecular flexibility index (Phi) is 6.35. The average Bonchev–Trinajstić information content (AvgIpc) is 2.43. The maximum absolute atomic E-state index is 11.7. The van der Waals surface area contributed by atoms with Crippen molar-refractivity contribution < 1.29 is 14.3 Å². The Morgan fingerprint density at radius 2 is 2.16 bits per heavy atom. The SMILES string of the molecule is CCCNC(=O)CNc1ncccc1C(=O)OCC. The number of amides is 1. The summed E-state index contributed by atoms with van der Waals surface area (Å²) in [7, 11) is 0. The lowest BCUT2D eigenvalue weighted by Crippen LogP contribution is -2.30. The van der Waals surface area contributed by atoms with Crippen LogP contribution in [0.4, 0.5) is 5.82 Å². The number of aromatic nitrogens is 1. The van der Waals surface area contributed by atoms with Gasteiger partial charge in [0.05, 0.1) is 13.2 Å². The molecule has 6 heteroatoms. The molecular weight excluding hydrogens is 246 g/mol. The average molecular weight is 265 g/mol. The Hall–Kier alpha value is -2.11. The minimum Gasteiger partial charge on any atom is -0.462 e. The van der Waals surface area contributed by atoms with E-state index in [0.717, 1.165) is 6.42 Å². The zero-order valence-electron chi connectivity index (χ0n) is 11.2. The van der Waals surface area contributed by atoms with E-state index in [9.17, 15) is 9.59 Å². The number of anilines is 1. The molecule has 0 saturated carbocycles. The summed E-state index contributed by atoms with van der Waals surface area (Å²) in [6, 6.07) is 3.26. The van der Waals surface area contributed by atoms with Crippen LogP contribution in [-0.4, -0.2) is 36.6 Å². The van der Waals surface area contributed by atoms with Gasteiger partial charge in [0.25, 0.3) is 0 Å². The predicted octanol–water partition coefficient (Wildman–Crippen LogP) is 1.20. The maximum Gasteiger partial charge on any atom is 0.341 e. The second-order valence-corrected chi connectivity index (χ2v) is 3.82. The van der Waals surface area contributed by atoms with Crippen LogP contribution in [-0.2, 0) is 9.53 Å². The van der Waals surface area contributed by atoms with Crippen molar-refractivity contribution in [3.8, 4) is 0 Å². The molecule has 0 unspecified atom stereocenters. The second-order valence-electron chi connectivity index (χ2n) is 3.82. The Morgan fingerprint density at radius 3 is 2.84 bits per heavy atom. The highest BCUT2D eigenvalue weighted by Gasteiger charge is 2.13. The molecule has 2 N–H and O–H groups in total. The van der Waals surface area contributed by atoms with Crippen molar-refractivity contribution in [2.24, 2.45) is 0 Å². The summed E-state index contributed by atoms with van der Waals surface area (Å²) in [5.74, 6) is -0.234. The van der Waals surface area contributed by atoms with E-state index in [1.807, 2.05) is 6.92 Å². The summed E-state index contributed by atoms with van der Waals surface area (Å²) in [6.07, 6.45) is 2.43. The van der Waals surface area contributed by atoms with Gasteiger partial charge in [-0.1, -0.05) is 6.92 Å². The Morgan fingerprint density at radius 1 is 1.37 bits per heavy atom. The van der Waals surface area contributed by atoms with Gasteiger partial charge in [0.1, 0.15) is 11.4 Å². The molecule has 0 saturated heterocycles. The van der Waals surface area contributed by atoms with Gasteiger partial charge in [-0.05, 0) is 25.5 Å². The van der Waals surface area contributed by atoms with Gasteiger partial charge in [0, 0.05) is 12.7 Å². The van der Waals surface area contributed by atoms with E-state index in [0.29, 0.717) is 24.5 Å². The third kappa shape index (κ3) is 4.95. The Balaban J connectivity index is 2.62. The van der Waals surface area contributed by atoms with Crippen LogP contribution in [0.5, 0.6) is 0 Å². The maximum atomic E-state index is 11.7. The van der Waals surface area contributed by atoms with Gasteiger partial charge < -0.3 is 15.4 Å². The molecule has 0 aromatic carbocycles. The van der Waals surface area contributed by atoms with E-state index in [1.165, 1.54) is 0 Å². The molecule has 1 aromatic rings. The summed E-state index contributed by atoms with van der Waals surface area (Å²) in [5.41, 5.74) is 0.327. The minimum absolute atomic E-state index is 0.0728. The van der Waals surface area contributed by atoms with Crippen LogP contribution >= 0.6 is 0 Å². The third-order valence-corrected chi connectivity index (χ3v) is 2.29. The number of nitrogens with zero attached hydrogens (tertiary/aromatic N) is 1. The van der Waals surface area contributed by atoms with Crippen molar-refractivity contribution in [3.05, 3.63) is 23.9 Å². The van der Waals surface area contributed by atoms with Gasteiger partial charge in [-0.25, -0.2) is 9.78 Å². The van der Waals surface area contributed by atoms with Crippen LogP contribution in [0, 0.1) is 0 Å². The monoisotopic (exact) mass is 265 g/mol. The fourth-order valence-electron chi connectivity index (χ4n) is 1.41. The Bertz CT molecular complexity index is 435. The van der Waals surface area contributed by atoms with Crippen LogP contribution in [0.25, 0.3) is 0 Å². The molecule has 0 bridgehead atoms. The first kappa shape index (κ1) is 14.9. The van der Waals surface area contributed by atoms with Gasteiger partial charge in [0.2, 0.25) is 5.91 Å². The number of hydrogen-bond acceptors (Lipinski definition) is 5. The highest BCUT2D eigenvalue weighted by atomic mass is 16.5. The minimum atomic E-state index is -0.452. The summed E-state index contributed by atoms with van der Waals surface area (Å²) in [5, 5.41) is 5.57. The Labute approximate surface area is 112 Å². The lowest BCUT2D eigenvalue weighted by Gasteiger charge is -2.10. The van der Waals surface area contributed by atoms with Crippen LogP contribution in [0.2, 0.25) is 0 Å². The van der Waals surface area contributed by atoms with Gasteiger partial charge in [0.15, 0.2) is 0 Å². The summed E-state index contributed by atoms with van der Waals surface area (Å²) in [4.78, 5) is 27.2. The number of nitrogens with one attached hydrogen (secondary N) is 2. The molecule has 0 fully saturated rings.